The van der Waals surface area contributed by atoms with E-state index in [2.05, 4.69) is 25.5 Å². The molecule has 2 aromatic heterocycles. The highest BCUT2D eigenvalue weighted by atomic mass is 79.9. The monoisotopic (exact) mass is 834 g/mol. The molecule has 4 aliphatic rings. The minimum absolute atomic E-state index is 0.200. The Morgan fingerprint density at radius 3 is 1.84 bits per heavy atom. The number of nitrogens with zero attached hydrogens (tertiary/aromatic N) is 5. The lowest BCUT2D eigenvalue weighted by molar-refractivity contribution is 0.0185. The van der Waals surface area contributed by atoms with Crippen LogP contribution in [-0.4, -0.2) is 112 Å². The maximum absolute atomic E-state index is 12.5. The molecular formula is C42H71BrN6O6. The second kappa shape index (κ2) is 21.8. The van der Waals surface area contributed by atoms with Gasteiger partial charge in [0.2, 0.25) is 0 Å². The SMILES string of the molecule is CC(C)(C)OC(=O)N1CCC[C@@H](c2nc3c([nH]2)CCCC3)C1.COCCCBr.COCCCn1c([C@@H]2CCCN(C(=O)OC(C)(C)C)C2)nc2c1CCCC2. The molecule has 0 aromatic carbocycles. The number of alkyl halides is 1. The molecule has 0 saturated carbocycles. The van der Waals surface area contributed by atoms with Gasteiger partial charge in [-0.3, -0.25) is 0 Å². The first-order valence-corrected chi connectivity index (χ1v) is 22.0. The fourth-order valence-electron chi connectivity index (χ4n) is 7.79. The maximum atomic E-state index is 12.5. The van der Waals surface area contributed by atoms with Crippen molar-refractivity contribution >= 4 is 28.1 Å². The Morgan fingerprint density at radius 2 is 1.27 bits per heavy atom. The maximum Gasteiger partial charge on any atom is 0.410 e. The van der Waals surface area contributed by atoms with Gasteiger partial charge in [0.15, 0.2) is 0 Å². The lowest BCUT2D eigenvalue weighted by Gasteiger charge is -2.34. The molecule has 13 heteroatoms. The van der Waals surface area contributed by atoms with E-state index in [1.54, 1.807) is 14.2 Å². The average molecular weight is 836 g/mol. The van der Waals surface area contributed by atoms with Crippen molar-refractivity contribution in [3.05, 3.63) is 34.4 Å². The van der Waals surface area contributed by atoms with Crippen molar-refractivity contribution < 1.29 is 28.5 Å². The van der Waals surface area contributed by atoms with Crippen molar-refractivity contribution in [2.75, 3.05) is 58.9 Å². The van der Waals surface area contributed by atoms with E-state index in [-0.39, 0.29) is 12.2 Å². The number of amides is 2. The zero-order chi connectivity index (χ0) is 40.0. The molecule has 312 valence electrons. The molecular weight excluding hydrogens is 764 g/mol. The molecule has 2 aromatic rings. The largest absolute Gasteiger partial charge is 0.444 e. The van der Waals surface area contributed by atoms with E-state index < -0.39 is 11.2 Å². The number of carbonyl (C=O) groups excluding carboxylic acids is 2. The standard InChI is InChI=1S/C21H35N3O3.C17H27N3O2.C4H9BrO/c1-21(2,3)27-20(25)23-12-7-9-16(15-23)19-22-17-10-5-6-11-18(17)24(19)13-8-14-26-4;1-17(2,3)22-16(21)20-10-6-7-12(11-20)15-18-13-8-4-5-9-14(13)19-15;1-6-4-2-3-5/h16H,5-15H2,1-4H3;12H,4-11H2,1-3H3,(H,18,19);2-4H2,1H3/t16-;12-;/m11./s1. The number of carbonyl (C=O) groups is 2. The highest BCUT2D eigenvalue weighted by Gasteiger charge is 2.33. The molecule has 55 heavy (non-hydrogen) atoms. The van der Waals surface area contributed by atoms with E-state index in [1.165, 1.54) is 54.3 Å². The van der Waals surface area contributed by atoms with Crippen LogP contribution in [0.5, 0.6) is 0 Å². The van der Waals surface area contributed by atoms with Gasteiger partial charge in [0.1, 0.15) is 22.9 Å². The number of likely N-dealkylation sites (tertiary alicyclic amines) is 2. The lowest BCUT2D eigenvalue weighted by Crippen LogP contribution is -2.42. The smallest absolute Gasteiger partial charge is 0.410 e. The molecule has 2 atom stereocenters. The summed E-state index contributed by atoms with van der Waals surface area (Å²) in [6.45, 7) is 17.0. The summed E-state index contributed by atoms with van der Waals surface area (Å²) in [4.78, 5) is 41.9. The Bertz CT molecular complexity index is 1450. The van der Waals surface area contributed by atoms with Crippen LogP contribution in [0.4, 0.5) is 9.59 Å². The van der Waals surface area contributed by atoms with Crippen molar-refractivity contribution in [1.29, 1.82) is 0 Å². The number of piperidine rings is 2. The molecule has 0 unspecified atom stereocenters. The van der Waals surface area contributed by atoms with Crippen LogP contribution in [0.1, 0.15) is 152 Å². The number of aromatic amines is 1. The zero-order valence-corrected chi connectivity index (χ0v) is 36.9. The van der Waals surface area contributed by atoms with Crippen molar-refractivity contribution in [1.82, 2.24) is 29.3 Å². The third kappa shape index (κ3) is 14.4. The normalized spacial score (nSPS) is 19.9. The van der Waals surface area contributed by atoms with Crippen LogP contribution in [0, 0.1) is 0 Å². The van der Waals surface area contributed by atoms with Gasteiger partial charge in [0, 0.05) is 88.7 Å². The lowest BCUT2D eigenvalue weighted by atomic mass is 9.97. The van der Waals surface area contributed by atoms with Crippen LogP contribution in [0.3, 0.4) is 0 Å². The van der Waals surface area contributed by atoms with Crippen molar-refractivity contribution in [3.8, 4) is 0 Å². The number of hydrogen-bond donors (Lipinski definition) is 1. The molecule has 0 bridgehead atoms. The first-order chi connectivity index (χ1) is 26.2. The van der Waals surface area contributed by atoms with E-state index >= 15 is 0 Å². The molecule has 2 saturated heterocycles. The molecule has 12 nitrogen and oxygen atoms in total. The number of rotatable bonds is 9. The number of aryl methyl sites for hydroxylation is 3. The van der Waals surface area contributed by atoms with E-state index in [1.807, 2.05) is 51.3 Å². The Labute approximate surface area is 339 Å². The number of halogens is 1. The van der Waals surface area contributed by atoms with Crippen LogP contribution < -0.4 is 0 Å². The fourth-order valence-corrected chi connectivity index (χ4v) is 8.02. The Kier molecular flexibility index (Phi) is 17.8. The molecule has 2 amide bonds. The van der Waals surface area contributed by atoms with Crippen LogP contribution in [-0.2, 0) is 51.2 Å². The Morgan fingerprint density at radius 1 is 0.727 bits per heavy atom. The van der Waals surface area contributed by atoms with Crippen molar-refractivity contribution in [3.63, 3.8) is 0 Å². The third-order valence-electron chi connectivity index (χ3n) is 10.3. The number of methoxy groups -OCH3 is 2. The number of imidazole rings is 2. The predicted octanol–water partition coefficient (Wildman–Crippen LogP) is 8.73. The quantitative estimate of drug-likeness (QED) is 0.197. The summed E-state index contributed by atoms with van der Waals surface area (Å²) in [7, 11) is 3.47. The topological polar surface area (TPSA) is 124 Å². The van der Waals surface area contributed by atoms with E-state index in [9.17, 15) is 9.59 Å². The van der Waals surface area contributed by atoms with Crippen molar-refractivity contribution in [2.45, 2.75) is 161 Å². The van der Waals surface area contributed by atoms with Gasteiger partial charge in [-0.05, 0) is 131 Å². The van der Waals surface area contributed by atoms with Crippen LogP contribution in [0.2, 0.25) is 0 Å². The highest BCUT2D eigenvalue weighted by Crippen LogP contribution is 2.32. The second-order valence-electron chi connectivity index (χ2n) is 17.4. The summed E-state index contributed by atoms with van der Waals surface area (Å²) >= 11 is 3.27. The summed E-state index contributed by atoms with van der Waals surface area (Å²) in [5, 5.41) is 1.04. The number of hydrogen-bond acceptors (Lipinski definition) is 8. The number of fused-ring (bicyclic) bond motifs is 2. The van der Waals surface area contributed by atoms with Crippen LogP contribution >= 0.6 is 15.9 Å². The molecule has 2 aliphatic heterocycles. The fraction of sp³-hybridized carbons (Fsp3) is 0.810. The number of ether oxygens (including phenoxy) is 4. The van der Waals surface area contributed by atoms with E-state index in [4.69, 9.17) is 28.9 Å². The van der Waals surface area contributed by atoms with Gasteiger partial charge in [-0.25, -0.2) is 19.6 Å². The van der Waals surface area contributed by atoms with Gasteiger partial charge in [0.05, 0.1) is 11.4 Å². The molecule has 6 rings (SSSR count). The van der Waals surface area contributed by atoms with Crippen molar-refractivity contribution in [2.24, 2.45) is 0 Å². The number of H-pyrrole nitrogens is 1. The summed E-state index contributed by atoms with van der Waals surface area (Å²) in [5.41, 5.74) is 4.37. The molecule has 0 radical (unpaired) electrons. The summed E-state index contributed by atoms with van der Waals surface area (Å²) in [6, 6.07) is 0. The Balaban J connectivity index is 0.000000216. The van der Waals surface area contributed by atoms with Crippen LogP contribution in [0.15, 0.2) is 0 Å². The van der Waals surface area contributed by atoms with Gasteiger partial charge < -0.3 is 38.3 Å². The van der Waals surface area contributed by atoms with Gasteiger partial charge in [-0.1, -0.05) is 15.9 Å². The minimum Gasteiger partial charge on any atom is -0.444 e. The molecule has 1 N–H and O–H groups in total. The average Bonchev–Trinajstić information content (AvgIpc) is 3.76. The van der Waals surface area contributed by atoms with Gasteiger partial charge in [-0.2, -0.15) is 0 Å². The molecule has 2 aliphatic carbocycles. The molecule has 2 fully saturated rings. The minimum atomic E-state index is -0.457. The second-order valence-corrected chi connectivity index (χ2v) is 18.2. The van der Waals surface area contributed by atoms with E-state index in [0.29, 0.717) is 24.9 Å². The molecule has 0 spiro atoms. The van der Waals surface area contributed by atoms with Gasteiger partial charge in [0.25, 0.3) is 0 Å². The van der Waals surface area contributed by atoms with E-state index in [0.717, 1.165) is 108 Å². The van der Waals surface area contributed by atoms with Gasteiger partial charge >= 0.3 is 12.2 Å². The third-order valence-corrected chi connectivity index (χ3v) is 10.9. The first-order valence-electron chi connectivity index (χ1n) is 20.9. The first kappa shape index (κ1) is 45.1. The summed E-state index contributed by atoms with van der Waals surface area (Å²) in [6.07, 6.45) is 15.3. The summed E-state index contributed by atoms with van der Waals surface area (Å²) in [5.74, 6) is 2.85. The number of nitrogens with one attached hydrogen (secondary N) is 1. The van der Waals surface area contributed by atoms with Gasteiger partial charge in [-0.15, -0.1) is 0 Å². The predicted molar refractivity (Wildman–Crippen MR) is 220 cm³/mol. The van der Waals surface area contributed by atoms with Crippen LogP contribution in [0.25, 0.3) is 0 Å². The zero-order valence-electron chi connectivity index (χ0n) is 35.3. The Hall–Kier alpha value is -2.64. The molecule has 4 heterocycles. The highest BCUT2D eigenvalue weighted by molar-refractivity contribution is 9.09. The number of aromatic nitrogens is 4. The summed E-state index contributed by atoms with van der Waals surface area (Å²) < 4.78 is 23.5.